The standard InChI is InChI=1S/C9H13NOS/c1-6-4-7-8(12-6)2-3-9(7,10)5-11/h4,11H,2-3,5,10H2,1H3. The summed E-state index contributed by atoms with van der Waals surface area (Å²) in [6.07, 6.45) is 1.93. The van der Waals surface area contributed by atoms with Crippen LogP contribution < -0.4 is 5.73 Å². The van der Waals surface area contributed by atoms with Crippen LogP contribution >= 0.6 is 11.3 Å². The Bertz CT molecular complexity index is 307. The van der Waals surface area contributed by atoms with Crippen molar-refractivity contribution in [1.82, 2.24) is 0 Å². The molecule has 2 nitrogen and oxygen atoms in total. The number of rotatable bonds is 1. The summed E-state index contributed by atoms with van der Waals surface area (Å²) < 4.78 is 0. The van der Waals surface area contributed by atoms with Crippen LogP contribution in [0.25, 0.3) is 0 Å². The van der Waals surface area contributed by atoms with Crippen molar-refractivity contribution < 1.29 is 5.11 Å². The van der Waals surface area contributed by atoms with Crippen LogP contribution in [0, 0.1) is 6.92 Å². The monoisotopic (exact) mass is 183 g/mol. The fraction of sp³-hybridized carbons (Fsp3) is 0.556. The largest absolute Gasteiger partial charge is 0.394 e. The normalized spacial score (nSPS) is 27.6. The van der Waals surface area contributed by atoms with E-state index >= 15 is 0 Å². The molecule has 66 valence electrons. The maximum Gasteiger partial charge on any atom is 0.0658 e. The summed E-state index contributed by atoms with van der Waals surface area (Å²) in [5.74, 6) is 0. The molecule has 1 heterocycles. The van der Waals surface area contributed by atoms with Gasteiger partial charge in [-0.25, -0.2) is 0 Å². The average molecular weight is 183 g/mol. The Morgan fingerprint density at radius 3 is 3.17 bits per heavy atom. The number of thiophene rings is 1. The van der Waals surface area contributed by atoms with Gasteiger partial charge in [0.15, 0.2) is 0 Å². The summed E-state index contributed by atoms with van der Waals surface area (Å²) in [5.41, 5.74) is 6.77. The lowest BCUT2D eigenvalue weighted by Gasteiger charge is -2.20. The third-order valence-electron chi connectivity index (χ3n) is 2.55. The molecule has 0 saturated carbocycles. The second kappa shape index (κ2) is 2.55. The molecule has 0 radical (unpaired) electrons. The molecule has 0 bridgehead atoms. The van der Waals surface area contributed by atoms with Crippen molar-refractivity contribution in [3.05, 3.63) is 21.4 Å². The number of aryl methyl sites for hydroxylation is 2. The zero-order chi connectivity index (χ0) is 8.77. The van der Waals surface area contributed by atoms with Crippen LogP contribution in [-0.2, 0) is 12.0 Å². The minimum atomic E-state index is -0.444. The molecule has 0 spiro atoms. The molecule has 0 aliphatic heterocycles. The molecule has 1 unspecified atom stereocenters. The smallest absolute Gasteiger partial charge is 0.0658 e. The second-order valence-electron chi connectivity index (χ2n) is 3.51. The van der Waals surface area contributed by atoms with Gasteiger partial charge in [-0.3, -0.25) is 0 Å². The summed E-state index contributed by atoms with van der Waals surface area (Å²) in [5, 5.41) is 9.16. The molecule has 1 aliphatic carbocycles. The van der Waals surface area contributed by atoms with Gasteiger partial charge >= 0.3 is 0 Å². The summed E-state index contributed by atoms with van der Waals surface area (Å²) in [6.45, 7) is 2.15. The molecule has 0 aromatic carbocycles. The van der Waals surface area contributed by atoms with E-state index < -0.39 is 5.54 Å². The molecule has 3 N–H and O–H groups in total. The fourth-order valence-corrected chi connectivity index (χ4v) is 2.95. The second-order valence-corrected chi connectivity index (χ2v) is 4.85. The van der Waals surface area contributed by atoms with Crippen LogP contribution in [0.1, 0.15) is 21.7 Å². The van der Waals surface area contributed by atoms with E-state index in [2.05, 4.69) is 13.0 Å². The Morgan fingerprint density at radius 1 is 1.75 bits per heavy atom. The zero-order valence-corrected chi connectivity index (χ0v) is 7.95. The summed E-state index contributed by atoms with van der Waals surface area (Å²) >= 11 is 1.80. The first-order valence-electron chi connectivity index (χ1n) is 4.15. The predicted molar refractivity (Wildman–Crippen MR) is 50.3 cm³/mol. The lowest BCUT2D eigenvalue weighted by molar-refractivity contribution is 0.197. The molecular weight excluding hydrogens is 170 g/mol. The molecule has 0 amide bonds. The highest BCUT2D eigenvalue weighted by Gasteiger charge is 2.35. The molecular formula is C9H13NOS. The Kier molecular flexibility index (Phi) is 1.75. The van der Waals surface area contributed by atoms with Crippen molar-refractivity contribution in [3.8, 4) is 0 Å². The molecule has 3 heteroatoms. The van der Waals surface area contributed by atoms with Crippen molar-refractivity contribution in [2.24, 2.45) is 5.73 Å². The maximum absolute atomic E-state index is 9.16. The lowest BCUT2D eigenvalue weighted by Crippen LogP contribution is -2.37. The van der Waals surface area contributed by atoms with E-state index in [1.54, 1.807) is 11.3 Å². The minimum absolute atomic E-state index is 0.0656. The van der Waals surface area contributed by atoms with Gasteiger partial charge in [-0.05, 0) is 31.4 Å². The highest BCUT2D eigenvalue weighted by Crippen LogP contribution is 2.39. The third-order valence-corrected chi connectivity index (χ3v) is 3.66. The first kappa shape index (κ1) is 8.23. The first-order chi connectivity index (χ1) is 5.65. The van der Waals surface area contributed by atoms with Gasteiger partial charge in [0.05, 0.1) is 12.1 Å². The third kappa shape index (κ3) is 1.01. The Morgan fingerprint density at radius 2 is 2.50 bits per heavy atom. The molecule has 12 heavy (non-hydrogen) atoms. The summed E-state index contributed by atoms with van der Waals surface area (Å²) in [6, 6.07) is 2.11. The van der Waals surface area contributed by atoms with Gasteiger partial charge in [0.2, 0.25) is 0 Å². The summed E-state index contributed by atoms with van der Waals surface area (Å²) in [4.78, 5) is 2.66. The number of hydrogen-bond acceptors (Lipinski definition) is 3. The summed E-state index contributed by atoms with van der Waals surface area (Å²) in [7, 11) is 0. The predicted octanol–water partition coefficient (Wildman–Crippen LogP) is 1.15. The van der Waals surface area contributed by atoms with E-state index in [0.717, 1.165) is 12.8 Å². The van der Waals surface area contributed by atoms with Gasteiger partial charge in [-0.1, -0.05) is 0 Å². The quantitative estimate of drug-likeness (QED) is 0.686. The van der Waals surface area contributed by atoms with Crippen LogP contribution in [0.5, 0.6) is 0 Å². The number of aliphatic hydroxyl groups excluding tert-OH is 1. The Balaban J connectivity index is 2.47. The van der Waals surface area contributed by atoms with E-state index in [1.165, 1.54) is 15.3 Å². The Hall–Kier alpha value is -0.380. The van der Waals surface area contributed by atoms with Gasteiger partial charge in [0.25, 0.3) is 0 Å². The molecule has 0 fully saturated rings. The zero-order valence-electron chi connectivity index (χ0n) is 7.13. The number of nitrogens with two attached hydrogens (primary N) is 1. The topological polar surface area (TPSA) is 46.2 Å². The molecule has 2 rings (SSSR count). The molecule has 1 aliphatic rings. The van der Waals surface area contributed by atoms with Crippen molar-refractivity contribution in [2.45, 2.75) is 25.3 Å². The van der Waals surface area contributed by atoms with Crippen LogP contribution in [0.4, 0.5) is 0 Å². The van der Waals surface area contributed by atoms with Gasteiger partial charge in [0, 0.05) is 9.75 Å². The lowest BCUT2D eigenvalue weighted by atomic mass is 9.96. The number of fused-ring (bicyclic) bond motifs is 1. The van der Waals surface area contributed by atoms with Crippen molar-refractivity contribution in [1.29, 1.82) is 0 Å². The van der Waals surface area contributed by atoms with Gasteiger partial charge in [-0.2, -0.15) is 0 Å². The van der Waals surface area contributed by atoms with E-state index in [1.807, 2.05) is 0 Å². The van der Waals surface area contributed by atoms with E-state index in [0.29, 0.717) is 0 Å². The molecule has 0 saturated heterocycles. The highest BCUT2D eigenvalue weighted by molar-refractivity contribution is 7.12. The molecule has 1 aromatic rings. The van der Waals surface area contributed by atoms with Crippen molar-refractivity contribution in [2.75, 3.05) is 6.61 Å². The van der Waals surface area contributed by atoms with Gasteiger partial charge < -0.3 is 10.8 Å². The van der Waals surface area contributed by atoms with Gasteiger partial charge in [-0.15, -0.1) is 11.3 Å². The van der Waals surface area contributed by atoms with Crippen LogP contribution in [0.3, 0.4) is 0 Å². The average Bonchev–Trinajstić information content (AvgIpc) is 2.53. The van der Waals surface area contributed by atoms with E-state index in [4.69, 9.17) is 10.8 Å². The van der Waals surface area contributed by atoms with Crippen LogP contribution in [0.2, 0.25) is 0 Å². The van der Waals surface area contributed by atoms with Crippen LogP contribution in [-0.4, -0.2) is 11.7 Å². The first-order valence-corrected chi connectivity index (χ1v) is 4.97. The minimum Gasteiger partial charge on any atom is -0.394 e. The maximum atomic E-state index is 9.16. The molecule has 1 atom stereocenters. The molecule has 1 aromatic heterocycles. The number of hydrogen-bond donors (Lipinski definition) is 2. The van der Waals surface area contributed by atoms with E-state index in [-0.39, 0.29) is 6.61 Å². The van der Waals surface area contributed by atoms with Crippen molar-refractivity contribution >= 4 is 11.3 Å². The SMILES string of the molecule is Cc1cc2c(s1)CCC2(N)CO. The number of aliphatic hydroxyl groups is 1. The van der Waals surface area contributed by atoms with Crippen molar-refractivity contribution in [3.63, 3.8) is 0 Å². The van der Waals surface area contributed by atoms with Gasteiger partial charge in [0.1, 0.15) is 0 Å². The Labute approximate surface area is 76.0 Å². The van der Waals surface area contributed by atoms with E-state index in [9.17, 15) is 0 Å². The fourth-order valence-electron chi connectivity index (χ4n) is 1.81. The van der Waals surface area contributed by atoms with Crippen LogP contribution in [0.15, 0.2) is 6.07 Å². The highest BCUT2D eigenvalue weighted by atomic mass is 32.1.